The molecule has 0 unspecified atom stereocenters. The first-order valence-electron chi connectivity index (χ1n) is 9.02. The van der Waals surface area contributed by atoms with Crippen molar-refractivity contribution in [2.75, 3.05) is 24.2 Å². The van der Waals surface area contributed by atoms with E-state index in [1.165, 1.54) is 28.7 Å². The van der Waals surface area contributed by atoms with E-state index in [2.05, 4.69) is 34.6 Å². The molecule has 0 bridgehead atoms. The second-order valence-electron chi connectivity index (χ2n) is 6.38. The third kappa shape index (κ3) is 4.43. The van der Waals surface area contributed by atoms with Gasteiger partial charge < -0.3 is 10.2 Å². The second-order valence-corrected chi connectivity index (χ2v) is 8.29. The van der Waals surface area contributed by atoms with Gasteiger partial charge in [-0.15, -0.1) is 11.3 Å². The molecule has 0 saturated carbocycles. The summed E-state index contributed by atoms with van der Waals surface area (Å²) in [7, 11) is 0. The van der Waals surface area contributed by atoms with E-state index in [-0.39, 0.29) is 17.6 Å². The van der Waals surface area contributed by atoms with Gasteiger partial charge in [0, 0.05) is 36.2 Å². The van der Waals surface area contributed by atoms with Crippen LogP contribution in [0.4, 0.5) is 9.93 Å². The predicted molar refractivity (Wildman–Crippen MR) is 116 cm³/mol. The summed E-state index contributed by atoms with van der Waals surface area (Å²) in [4.78, 5) is 29.9. The van der Waals surface area contributed by atoms with Crippen LogP contribution < -0.4 is 5.32 Å². The molecule has 0 aliphatic carbocycles. The van der Waals surface area contributed by atoms with Gasteiger partial charge >= 0.3 is 0 Å². The van der Waals surface area contributed by atoms with E-state index in [9.17, 15) is 9.59 Å². The zero-order valence-corrected chi connectivity index (χ0v) is 16.8. The Balaban J connectivity index is 1.36. The minimum atomic E-state index is -0.120. The molecule has 7 heteroatoms. The molecule has 1 N–H and O–H groups in total. The number of nitrogens with one attached hydrogen (secondary N) is 1. The molecule has 1 aliphatic heterocycles. The average Bonchev–Trinajstić information content (AvgIpc) is 3.36. The van der Waals surface area contributed by atoms with Crippen molar-refractivity contribution in [3.63, 3.8) is 0 Å². The van der Waals surface area contributed by atoms with Crippen LogP contribution in [-0.2, 0) is 4.79 Å². The summed E-state index contributed by atoms with van der Waals surface area (Å²) < 4.78 is 0. The van der Waals surface area contributed by atoms with E-state index in [1.54, 1.807) is 4.90 Å². The molecule has 4 rings (SSSR count). The van der Waals surface area contributed by atoms with Crippen molar-refractivity contribution < 1.29 is 9.59 Å². The number of amides is 2. The predicted octanol–water partition coefficient (Wildman–Crippen LogP) is 4.97. The van der Waals surface area contributed by atoms with Crippen LogP contribution in [0.25, 0.3) is 22.4 Å². The van der Waals surface area contributed by atoms with Crippen LogP contribution in [0.15, 0.2) is 60.0 Å². The van der Waals surface area contributed by atoms with Gasteiger partial charge in [0.05, 0.1) is 5.69 Å². The molecule has 2 aromatic carbocycles. The third-order valence-corrected chi connectivity index (χ3v) is 6.14. The molecule has 0 spiro atoms. The van der Waals surface area contributed by atoms with E-state index in [4.69, 9.17) is 0 Å². The van der Waals surface area contributed by atoms with Gasteiger partial charge in [0.15, 0.2) is 5.13 Å². The number of rotatable bonds is 6. The Hall–Kier alpha value is -2.64. The first-order chi connectivity index (χ1) is 13.7. The zero-order chi connectivity index (χ0) is 19.3. The lowest BCUT2D eigenvalue weighted by Gasteiger charge is -2.13. The normalized spacial score (nSPS) is 13.7. The van der Waals surface area contributed by atoms with E-state index in [0.717, 1.165) is 29.1 Å². The summed E-state index contributed by atoms with van der Waals surface area (Å²) in [6.45, 7) is 1.17. The number of benzene rings is 2. The summed E-state index contributed by atoms with van der Waals surface area (Å²) >= 11 is 2.71. The SMILES string of the molecule is O=C(CCN1CCSC1=O)Nc1nc(-c2ccc(-c3ccccc3)cc2)cs1. The summed E-state index contributed by atoms with van der Waals surface area (Å²) in [6.07, 6.45) is 0.285. The zero-order valence-electron chi connectivity index (χ0n) is 15.1. The Bertz CT molecular complexity index is 971. The fraction of sp³-hybridized carbons (Fsp3) is 0.190. The smallest absolute Gasteiger partial charge is 0.281 e. The Morgan fingerprint density at radius 3 is 2.46 bits per heavy atom. The summed E-state index contributed by atoms with van der Waals surface area (Å²) in [6, 6.07) is 18.5. The van der Waals surface area contributed by atoms with Crippen molar-refractivity contribution >= 4 is 39.4 Å². The molecule has 2 amide bonds. The van der Waals surface area contributed by atoms with Crippen molar-refractivity contribution in [3.8, 4) is 22.4 Å². The largest absolute Gasteiger partial charge is 0.332 e. The lowest BCUT2D eigenvalue weighted by Crippen LogP contribution is -2.27. The van der Waals surface area contributed by atoms with Crippen molar-refractivity contribution in [3.05, 3.63) is 60.0 Å². The molecular formula is C21H19N3O2S2. The monoisotopic (exact) mass is 409 g/mol. The van der Waals surface area contributed by atoms with Crippen LogP contribution in [0.2, 0.25) is 0 Å². The number of hydrogen-bond donors (Lipinski definition) is 1. The van der Waals surface area contributed by atoms with Gasteiger partial charge in [0.2, 0.25) is 5.91 Å². The minimum Gasteiger partial charge on any atom is -0.332 e. The van der Waals surface area contributed by atoms with Crippen molar-refractivity contribution in [2.45, 2.75) is 6.42 Å². The lowest BCUT2D eigenvalue weighted by molar-refractivity contribution is -0.116. The Morgan fingerprint density at radius 1 is 1.04 bits per heavy atom. The van der Waals surface area contributed by atoms with E-state index in [1.807, 2.05) is 35.7 Å². The lowest BCUT2D eigenvalue weighted by atomic mass is 10.0. The number of carbonyl (C=O) groups is 2. The quantitative estimate of drug-likeness (QED) is 0.624. The van der Waals surface area contributed by atoms with Crippen LogP contribution in [0.5, 0.6) is 0 Å². The highest BCUT2D eigenvalue weighted by Gasteiger charge is 2.21. The van der Waals surface area contributed by atoms with E-state index < -0.39 is 0 Å². The number of thioether (sulfide) groups is 1. The fourth-order valence-electron chi connectivity index (χ4n) is 2.97. The van der Waals surface area contributed by atoms with Crippen molar-refractivity contribution in [1.29, 1.82) is 0 Å². The molecule has 28 heavy (non-hydrogen) atoms. The molecule has 5 nitrogen and oxygen atoms in total. The van der Waals surface area contributed by atoms with Gasteiger partial charge in [-0.2, -0.15) is 0 Å². The van der Waals surface area contributed by atoms with Gasteiger partial charge in [-0.3, -0.25) is 9.59 Å². The Kier molecular flexibility index (Phi) is 5.73. The third-order valence-electron chi connectivity index (χ3n) is 4.49. The van der Waals surface area contributed by atoms with Crippen LogP contribution in [0.1, 0.15) is 6.42 Å². The first-order valence-corrected chi connectivity index (χ1v) is 10.9. The molecule has 3 aromatic rings. The molecule has 1 aliphatic rings. The molecular weight excluding hydrogens is 390 g/mol. The molecule has 0 atom stereocenters. The summed E-state index contributed by atoms with van der Waals surface area (Å²) in [5.74, 6) is 0.685. The fourth-order valence-corrected chi connectivity index (χ4v) is 4.56. The number of carbonyl (C=O) groups excluding carboxylic acids is 2. The average molecular weight is 410 g/mol. The second kappa shape index (κ2) is 8.58. The number of aromatic nitrogens is 1. The molecule has 2 heterocycles. The van der Waals surface area contributed by atoms with Crippen LogP contribution in [-0.4, -0.2) is 39.9 Å². The maximum atomic E-state index is 12.1. The highest BCUT2D eigenvalue weighted by atomic mass is 32.2. The van der Waals surface area contributed by atoms with Crippen molar-refractivity contribution in [1.82, 2.24) is 9.88 Å². The number of anilines is 1. The minimum absolute atomic E-state index is 0.0586. The van der Waals surface area contributed by atoms with Crippen LogP contribution >= 0.6 is 23.1 Å². The maximum Gasteiger partial charge on any atom is 0.281 e. The van der Waals surface area contributed by atoms with Gasteiger partial charge in [-0.1, -0.05) is 66.4 Å². The van der Waals surface area contributed by atoms with Gasteiger partial charge in [-0.05, 0) is 11.1 Å². The molecule has 0 radical (unpaired) electrons. The van der Waals surface area contributed by atoms with Gasteiger partial charge in [-0.25, -0.2) is 4.98 Å². The van der Waals surface area contributed by atoms with E-state index in [0.29, 0.717) is 11.7 Å². The molecule has 1 saturated heterocycles. The highest BCUT2D eigenvalue weighted by Crippen LogP contribution is 2.27. The van der Waals surface area contributed by atoms with Crippen LogP contribution in [0, 0.1) is 0 Å². The van der Waals surface area contributed by atoms with Crippen LogP contribution in [0.3, 0.4) is 0 Å². The Labute approximate surface area is 171 Å². The first kappa shape index (κ1) is 18.7. The molecule has 142 valence electrons. The van der Waals surface area contributed by atoms with Gasteiger partial charge in [0.1, 0.15) is 0 Å². The number of nitrogens with zero attached hydrogens (tertiary/aromatic N) is 2. The Morgan fingerprint density at radius 2 is 1.75 bits per heavy atom. The topological polar surface area (TPSA) is 62.3 Å². The van der Waals surface area contributed by atoms with E-state index >= 15 is 0 Å². The number of thiazole rings is 1. The van der Waals surface area contributed by atoms with Gasteiger partial charge in [0.25, 0.3) is 5.24 Å². The maximum absolute atomic E-state index is 12.1. The standard InChI is InChI=1S/C21H19N3O2S2/c25-19(10-11-24-12-13-27-21(24)26)23-20-22-18(14-28-20)17-8-6-16(7-9-17)15-4-2-1-3-5-15/h1-9,14H,10-13H2,(H,22,23,25). The summed E-state index contributed by atoms with van der Waals surface area (Å²) in [5, 5.41) is 5.41. The molecule has 1 fully saturated rings. The molecule has 1 aromatic heterocycles. The highest BCUT2D eigenvalue weighted by molar-refractivity contribution is 8.13. The number of hydrogen-bond acceptors (Lipinski definition) is 5. The summed E-state index contributed by atoms with van der Waals surface area (Å²) in [5.41, 5.74) is 4.18. The van der Waals surface area contributed by atoms with Crippen molar-refractivity contribution in [2.24, 2.45) is 0 Å².